The zero-order chi connectivity index (χ0) is 20.5. The number of hydrogen-bond acceptors (Lipinski definition) is 6. The summed E-state index contributed by atoms with van der Waals surface area (Å²) in [7, 11) is 1.49. The Morgan fingerprint density at radius 2 is 1.75 bits per heavy atom. The van der Waals surface area contributed by atoms with Gasteiger partial charge in [-0.1, -0.05) is 0 Å². The molecule has 0 aliphatic heterocycles. The first-order valence-corrected chi connectivity index (χ1v) is 10.3. The maximum absolute atomic E-state index is 12.3. The number of ether oxygens (including phenoxy) is 2. The van der Waals surface area contributed by atoms with Crippen molar-refractivity contribution < 1.29 is 19.1 Å². The van der Waals surface area contributed by atoms with E-state index in [2.05, 4.69) is 24.1 Å². The SMILES string of the molecule is CCN(CC)c1ccc(NC(=O)COC(=O)c2ccc(SC)cc2OC)cc1. The lowest BCUT2D eigenvalue weighted by atomic mass is 10.2. The first-order valence-electron chi connectivity index (χ1n) is 9.06. The van der Waals surface area contributed by atoms with Crippen LogP contribution in [0.5, 0.6) is 5.75 Å². The molecular formula is C21H26N2O4S. The zero-order valence-corrected chi connectivity index (χ0v) is 17.5. The van der Waals surface area contributed by atoms with E-state index in [4.69, 9.17) is 9.47 Å². The second-order valence-corrected chi connectivity index (χ2v) is 6.79. The van der Waals surface area contributed by atoms with Crippen LogP contribution in [-0.4, -0.2) is 44.9 Å². The molecule has 0 spiro atoms. The molecule has 0 saturated carbocycles. The molecule has 0 atom stereocenters. The molecule has 0 aliphatic rings. The monoisotopic (exact) mass is 402 g/mol. The lowest BCUT2D eigenvalue weighted by Crippen LogP contribution is -2.22. The van der Waals surface area contributed by atoms with Crippen molar-refractivity contribution in [3.63, 3.8) is 0 Å². The Morgan fingerprint density at radius 1 is 1.07 bits per heavy atom. The molecule has 0 unspecified atom stereocenters. The molecule has 1 amide bonds. The molecule has 0 heterocycles. The van der Waals surface area contributed by atoms with Crippen molar-refractivity contribution in [3.05, 3.63) is 48.0 Å². The zero-order valence-electron chi connectivity index (χ0n) is 16.7. The molecule has 2 aromatic rings. The van der Waals surface area contributed by atoms with Crippen LogP contribution >= 0.6 is 11.8 Å². The van der Waals surface area contributed by atoms with E-state index >= 15 is 0 Å². The quantitative estimate of drug-likeness (QED) is 0.504. The van der Waals surface area contributed by atoms with E-state index in [-0.39, 0.29) is 12.2 Å². The number of thioether (sulfide) groups is 1. The number of benzene rings is 2. The fourth-order valence-electron chi connectivity index (χ4n) is 2.72. The first-order chi connectivity index (χ1) is 13.5. The van der Waals surface area contributed by atoms with Crippen molar-refractivity contribution in [2.24, 2.45) is 0 Å². The van der Waals surface area contributed by atoms with Crippen molar-refractivity contribution in [3.8, 4) is 5.75 Å². The predicted octanol–water partition coefficient (Wildman–Crippen LogP) is 4.06. The van der Waals surface area contributed by atoms with Crippen molar-refractivity contribution in [2.45, 2.75) is 18.7 Å². The van der Waals surface area contributed by atoms with Gasteiger partial charge in [0.1, 0.15) is 11.3 Å². The summed E-state index contributed by atoms with van der Waals surface area (Å²) in [6, 6.07) is 12.8. The molecule has 150 valence electrons. The van der Waals surface area contributed by atoms with Crippen LogP contribution in [0.15, 0.2) is 47.4 Å². The molecule has 1 N–H and O–H groups in total. The third-order valence-electron chi connectivity index (χ3n) is 4.24. The molecule has 2 aromatic carbocycles. The van der Waals surface area contributed by atoms with Crippen LogP contribution in [0.4, 0.5) is 11.4 Å². The molecule has 0 bridgehead atoms. The van der Waals surface area contributed by atoms with Gasteiger partial charge in [0.25, 0.3) is 5.91 Å². The van der Waals surface area contributed by atoms with Crippen LogP contribution in [0.1, 0.15) is 24.2 Å². The van der Waals surface area contributed by atoms with E-state index in [9.17, 15) is 9.59 Å². The van der Waals surface area contributed by atoms with E-state index in [0.29, 0.717) is 11.4 Å². The first kappa shape index (κ1) is 21.6. The molecule has 0 saturated heterocycles. The van der Waals surface area contributed by atoms with Gasteiger partial charge in [-0.2, -0.15) is 0 Å². The fourth-order valence-corrected chi connectivity index (χ4v) is 3.15. The standard InChI is InChI=1S/C21H26N2O4S/c1-5-23(6-2)16-9-7-15(8-10-16)22-20(24)14-27-21(25)18-12-11-17(28-4)13-19(18)26-3/h7-13H,5-6,14H2,1-4H3,(H,22,24). The number of carbonyl (C=O) groups is 2. The van der Waals surface area contributed by atoms with Gasteiger partial charge in [0.05, 0.1) is 7.11 Å². The van der Waals surface area contributed by atoms with Crippen molar-refractivity contribution >= 4 is 35.0 Å². The van der Waals surface area contributed by atoms with Gasteiger partial charge in [0.15, 0.2) is 6.61 Å². The number of methoxy groups -OCH3 is 1. The third-order valence-corrected chi connectivity index (χ3v) is 4.97. The molecule has 0 fully saturated rings. The molecule has 0 aromatic heterocycles. The van der Waals surface area contributed by atoms with E-state index < -0.39 is 11.9 Å². The van der Waals surface area contributed by atoms with Gasteiger partial charge in [-0.3, -0.25) is 4.79 Å². The summed E-state index contributed by atoms with van der Waals surface area (Å²) >= 11 is 1.54. The number of esters is 1. The van der Waals surface area contributed by atoms with Crippen LogP contribution in [0.2, 0.25) is 0 Å². The van der Waals surface area contributed by atoms with Crippen molar-refractivity contribution in [1.29, 1.82) is 0 Å². The largest absolute Gasteiger partial charge is 0.496 e. The summed E-state index contributed by atoms with van der Waals surface area (Å²) in [5.74, 6) is -0.579. The second kappa shape index (κ2) is 10.6. The molecule has 2 rings (SSSR count). The Morgan fingerprint density at radius 3 is 2.32 bits per heavy atom. The highest BCUT2D eigenvalue weighted by Gasteiger charge is 2.16. The van der Waals surface area contributed by atoms with Crippen LogP contribution < -0.4 is 15.0 Å². The number of amides is 1. The highest BCUT2D eigenvalue weighted by Crippen LogP contribution is 2.26. The maximum atomic E-state index is 12.3. The van der Waals surface area contributed by atoms with Crippen LogP contribution in [0, 0.1) is 0 Å². The molecule has 0 radical (unpaired) electrons. The Hall–Kier alpha value is -2.67. The minimum atomic E-state index is -0.600. The summed E-state index contributed by atoms with van der Waals surface area (Å²) in [5.41, 5.74) is 2.03. The van der Waals surface area contributed by atoms with Gasteiger partial charge in [0.2, 0.25) is 0 Å². The summed E-state index contributed by atoms with van der Waals surface area (Å²) in [5, 5.41) is 2.73. The molecule has 7 heteroatoms. The number of nitrogens with one attached hydrogen (secondary N) is 1. The number of anilines is 2. The lowest BCUT2D eigenvalue weighted by Gasteiger charge is -2.21. The number of rotatable bonds is 9. The highest BCUT2D eigenvalue weighted by molar-refractivity contribution is 7.98. The topological polar surface area (TPSA) is 67.9 Å². The van der Waals surface area contributed by atoms with E-state index in [1.165, 1.54) is 7.11 Å². The molecule has 6 nitrogen and oxygen atoms in total. The molecular weight excluding hydrogens is 376 g/mol. The van der Waals surface area contributed by atoms with Crippen LogP contribution in [0.25, 0.3) is 0 Å². The average Bonchev–Trinajstić information content (AvgIpc) is 2.73. The van der Waals surface area contributed by atoms with Gasteiger partial charge in [-0.25, -0.2) is 4.79 Å². The number of nitrogens with zero attached hydrogens (tertiary/aromatic N) is 1. The van der Waals surface area contributed by atoms with Crippen molar-refractivity contribution in [1.82, 2.24) is 0 Å². The minimum Gasteiger partial charge on any atom is -0.496 e. The summed E-state index contributed by atoms with van der Waals surface area (Å²) in [4.78, 5) is 27.6. The lowest BCUT2D eigenvalue weighted by molar-refractivity contribution is -0.119. The average molecular weight is 403 g/mol. The van der Waals surface area contributed by atoms with E-state index in [1.807, 2.05) is 30.5 Å². The normalized spacial score (nSPS) is 10.3. The van der Waals surface area contributed by atoms with Gasteiger partial charge < -0.3 is 19.7 Å². The Balaban J connectivity index is 1.92. The van der Waals surface area contributed by atoms with Gasteiger partial charge in [-0.15, -0.1) is 11.8 Å². The van der Waals surface area contributed by atoms with Crippen LogP contribution in [-0.2, 0) is 9.53 Å². The smallest absolute Gasteiger partial charge is 0.342 e. The Labute approximate surface area is 170 Å². The summed E-state index contributed by atoms with van der Waals surface area (Å²) in [6.45, 7) is 5.65. The molecule has 28 heavy (non-hydrogen) atoms. The number of hydrogen-bond donors (Lipinski definition) is 1. The van der Waals surface area contributed by atoms with Gasteiger partial charge >= 0.3 is 5.97 Å². The van der Waals surface area contributed by atoms with Crippen LogP contribution in [0.3, 0.4) is 0 Å². The van der Waals surface area contributed by atoms with Crippen molar-refractivity contribution in [2.75, 3.05) is 43.3 Å². The number of carbonyl (C=O) groups excluding carboxylic acids is 2. The highest BCUT2D eigenvalue weighted by atomic mass is 32.2. The van der Waals surface area contributed by atoms with E-state index in [1.54, 1.807) is 30.0 Å². The fraction of sp³-hybridized carbons (Fsp3) is 0.333. The second-order valence-electron chi connectivity index (χ2n) is 5.91. The van der Waals surface area contributed by atoms with Gasteiger partial charge in [0, 0.05) is 29.4 Å². The molecule has 0 aliphatic carbocycles. The van der Waals surface area contributed by atoms with Gasteiger partial charge in [-0.05, 0) is 62.6 Å². The Kier molecular flexibility index (Phi) is 8.19. The predicted molar refractivity (Wildman–Crippen MR) is 114 cm³/mol. The maximum Gasteiger partial charge on any atom is 0.342 e. The summed E-state index contributed by atoms with van der Waals surface area (Å²) in [6.07, 6.45) is 1.94. The Bertz CT molecular complexity index is 805. The van der Waals surface area contributed by atoms with E-state index in [0.717, 1.165) is 23.7 Å². The summed E-state index contributed by atoms with van der Waals surface area (Å²) < 4.78 is 10.4. The third kappa shape index (κ3) is 5.66. The minimum absolute atomic E-state index is 0.289.